The van der Waals surface area contributed by atoms with Gasteiger partial charge in [0, 0.05) is 18.0 Å². The van der Waals surface area contributed by atoms with Gasteiger partial charge in [-0.2, -0.15) is 0 Å². The molecule has 0 fully saturated rings. The standard InChI is InChI=1S/C23H26ClNO6/c1-2-3-12-31-18-10-8-16(20(24)13-18)9-11-21(26)25(15-22(27)28)14-17-6-4-5-7-19(17)23(29)30/h4-8,10,13H,2-3,9,11-12,14-15H2,1H3,(H,27,28)(H,29,30). The van der Waals surface area contributed by atoms with Gasteiger partial charge < -0.3 is 19.8 Å². The quantitative estimate of drug-likeness (QED) is 0.471. The summed E-state index contributed by atoms with van der Waals surface area (Å²) >= 11 is 6.31. The molecule has 0 saturated heterocycles. The predicted octanol–water partition coefficient (Wildman–Crippen LogP) is 4.26. The molecule has 2 aromatic carbocycles. The van der Waals surface area contributed by atoms with Crippen molar-refractivity contribution in [2.75, 3.05) is 13.2 Å². The van der Waals surface area contributed by atoms with E-state index in [0.717, 1.165) is 23.3 Å². The van der Waals surface area contributed by atoms with E-state index < -0.39 is 24.4 Å². The lowest BCUT2D eigenvalue weighted by atomic mass is 10.1. The molecule has 0 unspecified atom stereocenters. The van der Waals surface area contributed by atoms with Gasteiger partial charge in [0.2, 0.25) is 5.91 Å². The molecular weight excluding hydrogens is 422 g/mol. The van der Waals surface area contributed by atoms with E-state index in [1.807, 2.05) is 0 Å². The van der Waals surface area contributed by atoms with Gasteiger partial charge in [-0.3, -0.25) is 9.59 Å². The minimum Gasteiger partial charge on any atom is -0.494 e. The topological polar surface area (TPSA) is 104 Å². The first-order valence-electron chi connectivity index (χ1n) is 10.0. The number of carboxylic acids is 2. The molecule has 2 N–H and O–H groups in total. The molecule has 0 aromatic heterocycles. The van der Waals surface area contributed by atoms with Crippen LogP contribution in [0.2, 0.25) is 5.02 Å². The van der Waals surface area contributed by atoms with Crippen molar-refractivity contribution in [3.05, 3.63) is 64.2 Å². The zero-order valence-electron chi connectivity index (χ0n) is 17.3. The van der Waals surface area contributed by atoms with Gasteiger partial charge in [-0.1, -0.05) is 49.2 Å². The molecule has 0 saturated carbocycles. The molecule has 0 heterocycles. The number of aromatic carboxylic acids is 1. The van der Waals surface area contributed by atoms with E-state index in [0.29, 0.717) is 29.4 Å². The Balaban J connectivity index is 2.06. The Bertz CT molecular complexity index is 930. The average molecular weight is 448 g/mol. The summed E-state index contributed by atoms with van der Waals surface area (Å²) in [6.45, 7) is 2.05. The Morgan fingerprint density at radius 2 is 1.81 bits per heavy atom. The second kappa shape index (κ2) is 12.0. The average Bonchev–Trinajstić information content (AvgIpc) is 2.72. The number of rotatable bonds is 12. The van der Waals surface area contributed by atoms with Crippen molar-refractivity contribution in [3.8, 4) is 5.75 Å². The van der Waals surface area contributed by atoms with Crippen LogP contribution in [0.15, 0.2) is 42.5 Å². The number of carbonyl (C=O) groups excluding carboxylic acids is 1. The number of carboxylic acid groups (broad SMARTS) is 2. The molecular formula is C23H26ClNO6. The largest absolute Gasteiger partial charge is 0.494 e. The number of unbranched alkanes of at least 4 members (excludes halogenated alkanes) is 1. The summed E-state index contributed by atoms with van der Waals surface area (Å²) in [6, 6.07) is 11.5. The van der Waals surface area contributed by atoms with Crippen LogP contribution in [0.3, 0.4) is 0 Å². The Kier molecular flexibility index (Phi) is 9.34. The number of nitrogens with zero attached hydrogens (tertiary/aromatic N) is 1. The molecule has 0 aliphatic rings. The van der Waals surface area contributed by atoms with Crippen LogP contribution in [-0.2, 0) is 22.6 Å². The van der Waals surface area contributed by atoms with Crippen LogP contribution >= 0.6 is 11.6 Å². The van der Waals surface area contributed by atoms with Gasteiger partial charge in [-0.05, 0) is 42.2 Å². The lowest BCUT2D eigenvalue weighted by Crippen LogP contribution is -2.35. The van der Waals surface area contributed by atoms with E-state index in [9.17, 15) is 24.6 Å². The molecule has 166 valence electrons. The predicted molar refractivity (Wildman–Crippen MR) is 117 cm³/mol. The maximum Gasteiger partial charge on any atom is 0.336 e. The summed E-state index contributed by atoms with van der Waals surface area (Å²) in [4.78, 5) is 36.5. The monoisotopic (exact) mass is 447 g/mol. The minimum absolute atomic E-state index is 0.0346. The summed E-state index contributed by atoms with van der Waals surface area (Å²) in [5.41, 5.74) is 1.16. The normalized spacial score (nSPS) is 10.5. The molecule has 7 nitrogen and oxygen atoms in total. The van der Waals surface area contributed by atoms with Gasteiger partial charge in [0.25, 0.3) is 0 Å². The Hall–Kier alpha value is -3.06. The summed E-state index contributed by atoms with van der Waals surface area (Å²) in [7, 11) is 0. The fourth-order valence-electron chi connectivity index (χ4n) is 3.02. The smallest absolute Gasteiger partial charge is 0.336 e. The van der Waals surface area contributed by atoms with Gasteiger partial charge in [0.15, 0.2) is 0 Å². The molecule has 0 atom stereocenters. The van der Waals surface area contributed by atoms with Gasteiger partial charge >= 0.3 is 11.9 Å². The number of hydrogen-bond donors (Lipinski definition) is 2. The van der Waals surface area contributed by atoms with Gasteiger partial charge in [0.1, 0.15) is 12.3 Å². The third-order valence-electron chi connectivity index (χ3n) is 4.69. The number of hydrogen-bond acceptors (Lipinski definition) is 4. The number of benzene rings is 2. The highest BCUT2D eigenvalue weighted by Crippen LogP contribution is 2.24. The van der Waals surface area contributed by atoms with Gasteiger partial charge in [-0.25, -0.2) is 4.79 Å². The van der Waals surface area contributed by atoms with Crippen molar-refractivity contribution < 1.29 is 29.3 Å². The third kappa shape index (κ3) is 7.61. The molecule has 0 aliphatic carbocycles. The summed E-state index contributed by atoms with van der Waals surface area (Å²) in [6.07, 6.45) is 2.33. The molecule has 0 spiro atoms. The van der Waals surface area contributed by atoms with Crippen LogP contribution < -0.4 is 4.74 Å². The Morgan fingerprint density at radius 1 is 1.06 bits per heavy atom. The summed E-state index contributed by atoms with van der Waals surface area (Å²) in [5.74, 6) is -2.05. The van der Waals surface area contributed by atoms with Crippen LogP contribution in [-0.4, -0.2) is 46.1 Å². The first-order chi connectivity index (χ1) is 14.8. The van der Waals surface area contributed by atoms with E-state index in [1.165, 1.54) is 6.07 Å². The number of aryl methyl sites for hydroxylation is 1. The second-order valence-corrected chi connectivity index (χ2v) is 7.47. The molecule has 31 heavy (non-hydrogen) atoms. The third-order valence-corrected chi connectivity index (χ3v) is 5.04. The molecule has 0 radical (unpaired) electrons. The fraction of sp³-hybridized carbons (Fsp3) is 0.348. The molecule has 2 rings (SSSR count). The van der Waals surface area contributed by atoms with Crippen molar-refractivity contribution in [2.45, 2.75) is 39.2 Å². The Labute approximate surface area is 186 Å². The van der Waals surface area contributed by atoms with Gasteiger partial charge in [0.05, 0.1) is 12.2 Å². The van der Waals surface area contributed by atoms with Crippen LogP contribution in [0.5, 0.6) is 5.75 Å². The van der Waals surface area contributed by atoms with Crippen molar-refractivity contribution in [3.63, 3.8) is 0 Å². The van der Waals surface area contributed by atoms with E-state index in [-0.39, 0.29) is 18.5 Å². The zero-order chi connectivity index (χ0) is 22.8. The SMILES string of the molecule is CCCCOc1ccc(CCC(=O)N(CC(=O)O)Cc2ccccc2C(=O)O)c(Cl)c1. The summed E-state index contributed by atoms with van der Waals surface area (Å²) < 4.78 is 5.61. The lowest BCUT2D eigenvalue weighted by molar-refractivity contribution is -0.144. The Morgan fingerprint density at radius 3 is 2.45 bits per heavy atom. The fourth-order valence-corrected chi connectivity index (χ4v) is 3.29. The van der Waals surface area contributed by atoms with Crippen molar-refractivity contribution in [1.82, 2.24) is 4.90 Å². The first kappa shape index (κ1) is 24.2. The molecule has 2 aromatic rings. The molecule has 8 heteroatoms. The molecule has 0 aliphatic heterocycles. The van der Waals surface area contributed by atoms with Crippen molar-refractivity contribution in [2.24, 2.45) is 0 Å². The number of aliphatic carboxylic acids is 1. The highest BCUT2D eigenvalue weighted by Gasteiger charge is 2.20. The van der Waals surface area contributed by atoms with Crippen molar-refractivity contribution in [1.29, 1.82) is 0 Å². The van der Waals surface area contributed by atoms with Gasteiger partial charge in [-0.15, -0.1) is 0 Å². The van der Waals surface area contributed by atoms with Crippen LogP contribution in [0.25, 0.3) is 0 Å². The number of carbonyl (C=O) groups is 3. The highest BCUT2D eigenvalue weighted by atomic mass is 35.5. The maximum atomic E-state index is 12.7. The second-order valence-electron chi connectivity index (χ2n) is 7.06. The zero-order valence-corrected chi connectivity index (χ0v) is 18.1. The van der Waals surface area contributed by atoms with E-state index in [4.69, 9.17) is 16.3 Å². The lowest BCUT2D eigenvalue weighted by Gasteiger charge is -2.22. The number of halogens is 1. The van der Waals surface area contributed by atoms with E-state index in [1.54, 1.807) is 36.4 Å². The minimum atomic E-state index is -1.17. The molecule has 0 bridgehead atoms. The van der Waals surface area contributed by atoms with E-state index >= 15 is 0 Å². The molecule has 1 amide bonds. The number of amides is 1. The van der Waals surface area contributed by atoms with Crippen molar-refractivity contribution >= 4 is 29.4 Å². The highest BCUT2D eigenvalue weighted by molar-refractivity contribution is 6.31. The van der Waals surface area contributed by atoms with Crippen LogP contribution in [0.4, 0.5) is 0 Å². The summed E-state index contributed by atoms with van der Waals surface area (Å²) in [5, 5.41) is 19.0. The van der Waals surface area contributed by atoms with Crippen LogP contribution in [0.1, 0.15) is 47.7 Å². The maximum absolute atomic E-state index is 12.7. The van der Waals surface area contributed by atoms with Crippen LogP contribution in [0, 0.1) is 0 Å². The van der Waals surface area contributed by atoms with E-state index in [2.05, 4.69) is 6.92 Å². The number of ether oxygens (including phenoxy) is 1. The first-order valence-corrected chi connectivity index (χ1v) is 10.4.